The molecule has 0 amide bonds. The van der Waals surface area contributed by atoms with Gasteiger partial charge in [-0.05, 0) is 25.3 Å². The Hall–Kier alpha value is -0.860. The van der Waals surface area contributed by atoms with Crippen LogP contribution in [0, 0.1) is 0 Å². The SMILES string of the molecule is CCOCCCCNC(=NC)N1CCN(Cc2ccccc2)CC1.I. The van der Waals surface area contributed by atoms with E-state index in [0.29, 0.717) is 0 Å². The summed E-state index contributed by atoms with van der Waals surface area (Å²) in [6.07, 6.45) is 2.22. The van der Waals surface area contributed by atoms with E-state index < -0.39 is 0 Å². The van der Waals surface area contributed by atoms with Crippen molar-refractivity contribution in [2.45, 2.75) is 26.3 Å². The molecule has 2 rings (SSSR count). The Morgan fingerprint density at radius 2 is 1.84 bits per heavy atom. The van der Waals surface area contributed by atoms with Crippen LogP contribution in [0.25, 0.3) is 0 Å². The maximum Gasteiger partial charge on any atom is 0.193 e. The molecule has 1 aliphatic heterocycles. The van der Waals surface area contributed by atoms with Crippen molar-refractivity contribution in [3.63, 3.8) is 0 Å². The summed E-state index contributed by atoms with van der Waals surface area (Å²) in [5.41, 5.74) is 1.39. The van der Waals surface area contributed by atoms with E-state index in [4.69, 9.17) is 4.74 Å². The molecule has 25 heavy (non-hydrogen) atoms. The van der Waals surface area contributed by atoms with E-state index in [0.717, 1.165) is 71.3 Å². The molecule has 5 nitrogen and oxygen atoms in total. The highest BCUT2D eigenvalue weighted by atomic mass is 127. The fourth-order valence-corrected chi connectivity index (χ4v) is 2.97. The number of ether oxygens (including phenoxy) is 1. The minimum atomic E-state index is 0. The van der Waals surface area contributed by atoms with E-state index in [1.807, 2.05) is 14.0 Å². The smallest absolute Gasteiger partial charge is 0.193 e. The number of hydrogen-bond acceptors (Lipinski definition) is 3. The maximum absolute atomic E-state index is 5.37. The second-order valence-corrected chi connectivity index (χ2v) is 6.13. The van der Waals surface area contributed by atoms with Crippen LogP contribution in [0.1, 0.15) is 25.3 Å². The molecule has 1 saturated heterocycles. The summed E-state index contributed by atoms with van der Waals surface area (Å²) in [5.74, 6) is 1.03. The first-order valence-corrected chi connectivity index (χ1v) is 9.13. The van der Waals surface area contributed by atoms with Gasteiger partial charge in [-0.15, -0.1) is 24.0 Å². The molecule has 0 aromatic heterocycles. The highest BCUT2D eigenvalue weighted by Gasteiger charge is 2.19. The lowest BCUT2D eigenvalue weighted by Gasteiger charge is -2.36. The molecule has 1 aromatic rings. The van der Waals surface area contributed by atoms with Crippen molar-refractivity contribution < 1.29 is 4.74 Å². The van der Waals surface area contributed by atoms with Crippen molar-refractivity contribution in [1.29, 1.82) is 0 Å². The first-order valence-electron chi connectivity index (χ1n) is 9.13. The van der Waals surface area contributed by atoms with Crippen LogP contribution in [0.2, 0.25) is 0 Å². The maximum atomic E-state index is 5.37. The third-order valence-corrected chi connectivity index (χ3v) is 4.34. The van der Waals surface area contributed by atoms with Crippen molar-refractivity contribution >= 4 is 29.9 Å². The van der Waals surface area contributed by atoms with Gasteiger partial charge in [-0.1, -0.05) is 30.3 Å². The second kappa shape index (κ2) is 13.4. The van der Waals surface area contributed by atoms with Crippen molar-refractivity contribution in [3.8, 4) is 0 Å². The van der Waals surface area contributed by atoms with E-state index in [-0.39, 0.29) is 24.0 Å². The Kier molecular flexibility index (Phi) is 11.9. The Morgan fingerprint density at radius 3 is 2.48 bits per heavy atom. The lowest BCUT2D eigenvalue weighted by Crippen LogP contribution is -2.52. The van der Waals surface area contributed by atoms with Gasteiger partial charge >= 0.3 is 0 Å². The summed E-state index contributed by atoms with van der Waals surface area (Å²) in [4.78, 5) is 9.32. The molecule has 0 saturated carbocycles. The number of guanidine groups is 1. The van der Waals surface area contributed by atoms with Crippen LogP contribution in [-0.4, -0.2) is 68.7 Å². The van der Waals surface area contributed by atoms with Gasteiger partial charge in [-0.3, -0.25) is 9.89 Å². The number of nitrogens with one attached hydrogen (secondary N) is 1. The number of benzene rings is 1. The van der Waals surface area contributed by atoms with E-state index in [1.54, 1.807) is 0 Å². The minimum absolute atomic E-state index is 0. The van der Waals surface area contributed by atoms with Crippen LogP contribution in [-0.2, 0) is 11.3 Å². The molecule has 0 aliphatic carbocycles. The van der Waals surface area contributed by atoms with Gasteiger partial charge in [0.15, 0.2) is 5.96 Å². The van der Waals surface area contributed by atoms with Crippen LogP contribution < -0.4 is 5.32 Å². The number of piperazine rings is 1. The standard InChI is InChI=1S/C19H32N4O.HI/c1-3-24-16-8-7-11-21-19(20-2)23-14-12-22(13-15-23)17-18-9-5-4-6-10-18;/h4-6,9-10H,3,7-8,11-17H2,1-2H3,(H,20,21);1H. The number of halogens is 1. The van der Waals surface area contributed by atoms with Gasteiger partial charge in [0.25, 0.3) is 0 Å². The Labute approximate surface area is 169 Å². The van der Waals surface area contributed by atoms with Gasteiger partial charge in [0.2, 0.25) is 0 Å². The molecular formula is C19H33IN4O. The number of rotatable bonds is 8. The van der Waals surface area contributed by atoms with E-state index in [9.17, 15) is 0 Å². The average molecular weight is 460 g/mol. The Balaban J connectivity index is 0.00000312. The molecule has 6 heteroatoms. The summed E-state index contributed by atoms with van der Waals surface area (Å²) in [6.45, 7) is 9.94. The van der Waals surface area contributed by atoms with Crippen LogP contribution in [0.5, 0.6) is 0 Å². The van der Waals surface area contributed by atoms with Crippen LogP contribution in [0.3, 0.4) is 0 Å². The number of hydrogen-bond donors (Lipinski definition) is 1. The lowest BCUT2D eigenvalue weighted by molar-refractivity contribution is 0.143. The zero-order valence-corrected chi connectivity index (χ0v) is 17.9. The molecule has 1 N–H and O–H groups in total. The van der Waals surface area contributed by atoms with Gasteiger partial charge in [-0.2, -0.15) is 0 Å². The highest BCUT2D eigenvalue weighted by molar-refractivity contribution is 14.0. The van der Waals surface area contributed by atoms with Gasteiger partial charge < -0.3 is 15.0 Å². The van der Waals surface area contributed by atoms with Crippen molar-refractivity contribution in [1.82, 2.24) is 15.1 Å². The van der Waals surface area contributed by atoms with Crippen molar-refractivity contribution in [2.24, 2.45) is 4.99 Å². The molecule has 1 fully saturated rings. The molecule has 0 spiro atoms. The van der Waals surface area contributed by atoms with Gasteiger partial charge in [0.05, 0.1) is 0 Å². The minimum Gasteiger partial charge on any atom is -0.382 e. The van der Waals surface area contributed by atoms with Crippen LogP contribution in [0.15, 0.2) is 35.3 Å². The van der Waals surface area contributed by atoms with Crippen LogP contribution in [0.4, 0.5) is 0 Å². The quantitative estimate of drug-likeness (QED) is 0.281. The average Bonchev–Trinajstić information content (AvgIpc) is 2.63. The Morgan fingerprint density at radius 1 is 1.12 bits per heavy atom. The summed E-state index contributed by atoms with van der Waals surface area (Å²) >= 11 is 0. The molecule has 1 aromatic carbocycles. The van der Waals surface area contributed by atoms with Gasteiger partial charge in [0.1, 0.15) is 0 Å². The predicted molar refractivity (Wildman–Crippen MR) is 116 cm³/mol. The molecular weight excluding hydrogens is 427 g/mol. The first kappa shape index (κ1) is 22.2. The van der Waals surface area contributed by atoms with E-state index in [1.165, 1.54) is 5.56 Å². The third kappa shape index (κ3) is 8.37. The molecule has 0 radical (unpaired) electrons. The van der Waals surface area contributed by atoms with Crippen molar-refractivity contribution in [3.05, 3.63) is 35.9 Å². The topological polar surface area (TPSA) is 40.1 Å². The highest BCUT2D eigenvalue weighted by Crippen LogP contribution is 2.08. The molecule has 1 heterocycles. The predicted octanol–water partition coefficient (Wildman–Crippen LogP) is 2.81. The van der Waals surface area contributed by atoms with E-state index >= 15 is 0 Å². The monoisotopic (exact) mass is 460 g/mol. The summed E-state index contributed by atoms with van der Waals surface area (Å²) in [7, 11) is 1.87. The Bertz CT molecular complexity index is 476. The number of nitrogens with zero attached hydrogens (tertiary/aromatic N) is 3. The largest absolute Gasteiger partial charge is 0.382 e. The molecule has 142 valence electrons. The van der Waals surface area contributed by atoms with E-state index in [2.05, 4.69) is 50.4 Å². The van der Waals surface area contributed by atoms with Crippen LogP contribution >= 0.6 is 24.0 Å². The normalized spacial score (nSPS) is 15.8. The van der Waals surface area contributed by atoms with Crippen molar-refractivity contribution in [2.75, 3.05) is 53.0 Å². The fraction of sp³-hybridized carbons (Fsp3) is 0.632. The first-order chi connectivity index (χ1) is 11.8. The summed E-state index contributed by atoms with van der Waals surface area (Å²) in [5, 5.41) is 3.48. The fourth-order valence-electron chi connectivity index (χ4n) is 2.97. The van der Waals surface area contributed by atoms with Gasteiger partial charge in [0, 0.05) is 59.5 Å². The lowest BCUT2D eigenvalue weighted by atomic mass is 10.2. The summed E-state index contributed by atoms with van der Waals surface area (Å²) < 4.78 is 5.37. The number of aliphatic imine (C=N–C) groups is 1. The zero-order valence-electron chi connectivity index (χ0n) is 15.6. The third-order valence-electron chi connectivity index (χ3n) is 4.34. The molecule has 0 atom stereocenters. The summed E-state index contributed by atoms with van der Waals surface area (Å²) in [6, 6.07) is 10.7. The zero-order chi connectivity index (χ0) is 17.0. The van der Waals surface area contributed by atoms with Gasteiger partial charge in [-0.25, -0.2) is 0 Å². The second-order valence-electron chi connectivity index (χ2n) is 6.13. The molecule has 0 unspecified atom stereocenters. The molecule has 1 aliphatic rings. The molecule has 0 bridgehead atoms. The number of unbranched alkanes of at least 4 members (excludes halogenated alkanes) is 1.